The van der Waals surface area contributed by atoms with Crippen molar-refractivity contribution in [3.63, 3.8) is 0 Å². The van der Waals surface area contributed by atoms with Gasteiger partial charge in [-0.05, 0) is 19.4 Å². The number of methoxy groups -OCH3 is 1. The standard InChI is InChI=1S/C10H18O4/c1-5(2)9-10(13-4)8(12)7(11)6(3)14-9/h6-12H,1H2,2-4H3/t6?,7?,8?,9-,10?/m0/s1. The minimum absolute atomic E-state index is 0.353. The highest BCUT2D eigenvalue weighted by Gasteiger charge is 2.42. The second-order valence-electron chi connectivity index (χ2n) is 3.79. The van der Waals surface area contributed by atoms with Crippen LogP contribution in [0.25, 0.3) is 0 Å². The third-order valence-electron chi connectivity index (χ3n) is 2.58. The van der Waals surface area contributed by atoms with Crippen LogP contribution in [0.4, 0.5) is 0 Å². The lowest BCUT2D eigenvalue weighted by molar-refractivity contribution is -0.214. The van der Waals surface area contributed by atoms with Crippen LogP contribution in [0.5, 0.6) is 0 Å². The van der Waals surface area contributed by atoms with Gasteiger partial charge in [-0.25, -0.2) is 0 Å². The molecule has 0 saturated carbocycles. The van der Waals surface area contributed by atoms with Crippen LogP contribution in [-0.2, 0) is 9.47 Å². The van der Waals surface area contributed by atoms with E-state index in [1.165, 1.54) is 7.11 Å². The fraction of sp³-hybridized carbons (Fsp3) is 0.800. The highest BCUT2D eigenvalue weighted by molar-refractivity contribution is 5.07. The van der Waals surface area contributed by atoms with Gasteiger partial charge < -0.3 is 19.7 Å². The summed E-state index contributed by atoms with van der Waals surface area (Å²) in [5.41, 5.74) is 0.787. The van der Waals surface area contributed by atoms with Crippen molar-refractivity contribution in [1.29, 1.82) is 0 Å². The summed E-state index contributed by atoms with van der Waals surface area (Å²) in [5, 5.41) is 19.3. The summed E-state index contributed by atoms with van der Waals surface area (Å²) in [7, 11) is 1.48. The molecule has 4 nitrogen and oxygen atoms in total. The molecular weight excluding hydrogens is 184 g/mol. The molecule has 1 aliphatic heterocycles. The average molecular weight is 202 g/mol. The highest BCUT2D eigenvalue weighted by atomic mass is 16.6. The first-order chi connectivity index (χ1) is 6.49. The summed E-state index contributed by atoms with van der Waals surface area (Å²) in [5.74, 6) is 0. The molecule has 1 saturated heterocycles. The fourth-order valence-electron chi connectivity index (χ4n) is 1.70. The predicted molar refractivity (Wildman–Crippen MR) is 52.0 cm³/mol. The van der Waals surface area contributed by atoms with Crippen LogP contribution in [0, 0.1) is 0 Å². The van der Waals surface area contributed by atoms with Gasteiger partial charge in [0, 0.05) is 7.11 Å². The number of aliphatic hydroxyl groups is 2. The van der Waals surface area contributed by atoms with Crippen molar-refractivity contribution in [2.24, 2.45) is 0 Å². The molecule has 0 bridgehead atoms. The SMILES string of the molecule is C=C(C)[C@@H]1OC(C)C(O)C(O)C1OC. The Morgan fingerprint density at radius 2 is 1.93 bits per heavy atom. The van der Waals surface area contributed by atoms with Gasteiger partial charge in [0.2, 0.25) is 0 Å². The van der Waals surface area contributed by atoms with Crippen molar-refractivity contribution >= 4 is 0 Å². The molecule has 4 unspecified atom stereocenters. The van der Waals surface area contributed by atoms with Crippen molar-refractivity contribution in [2.75, 3.05) is 7.11 Å². The monoisotopic (exact) mass is 202 g/mol. The second-order valence-corrected chi connectivity index (χ2v) is 3.79. The lowest BCUT2D eigenvalue weighted by Gasteiger charge is -2.41. The summed E-state index contributed by atoms with van der Waals surface area (Å²) < 4.78 is 10.6. The van der Waals surface area contributed by atoms with Crippen LogP contribution in [0.3, 0.4) is 0 Å². The zero-order chi connectivity index (χ0) is 10.9. The maximum atomic E-state index is 9.73. The first-order valence-corrected chi connectivity index (χ1v) is 4.68. The van der Waals surface area contributed by atoms with Crippen LogP contribution >= 0.6 is 0 Å². The van der Waals surface area contributed by atoms with Gasteiger partial charge in [0.1, 0.15) is 24.4 Å². The van der Waals surface area contributed by atoms with E-state index >= 15 is 0 Å². The van der Waals surface area contributed by atoms with Gasteiger partial charge in [-0.2, -0.15) is 0 Å². The van der Waals surface area contributed by atoms with Crippen LogP contribution in [0.2, 0.25) is 0 Å². The molecule has 0 aromatic rings. The normalized spacial score (nSPS) is 43.6. The van der Waals surface area contributed by atoms with E-state index < -0.39 is 24.4 Å². The Morgan fingerprint density at radius 1 is 1.36 bits per heavy atom. The Kier molecular flexibility index (Phi) is 3.66. The Bertz CT molecular complexity index is 216. The van der Waals surface area contributed by atoms with E-state index in [4.69, 9.17) is 9.47 Å². The van der Waals surface area contributed by atoms with Crippen molar-refractivity contribution in [1.82, 2.24) is 0 Å². The van der Waals surface area contributed by atoms with Crippen molar-refractivity contribution in [2.45, 2.75) is 44.4 Å². The van der Waals surface area contributed by atoms with Gasteiger partial charge in [0.25, 0.3) is 0 Å². The molecule has 0 amide bonds. The first-order valence-electron chi connectivity index (χ1n) is 4.68. The maximum absolute atomic E-state index is 9.73. The van der Waals surface area contributed by atoms with Gasteiger partial charge in [-0.15, -0.1) is 0 Å². The summed E-state index contributed by atoms with van der Waals surface area (Å²) in [6.45, 7) is 7.30. The quantitative estimate of drug-likeness (QED) is 0.623. The topological polar surface area (TPSA) is 58.9 Å². The first kappa shape index (κ1) is 11.7. The predicted octanol–water partition coefficient (Wildman–Crippen LogP) is 0.0866. The minimum atomic E-state index is -0.926. The minimum Gasteiger partial charge on any atom is -0.388 e. The summed E-state index contributed by atoms with van der Waals surface area (Å²) in [6.07, 6.45) is -3.13. The number of aliphatic hydroxyl groups excluding tert-OH is 2. The van der Waals surface area contributed by atoms with E-state index in [0.29, 0.717) is 0 Å². The molecule has 0 radical (unpaired) electrons. The van der Waals surface area contributed by atoms with E-state index in [1.54, 1.807) is 6.92 Å². The molecule has 1 aliphatic rings. The molecule has 1 heterocycles. The fourth-order valence-corrected chi connectivity index (χ4v) is 1.70. The number of hydrogen-bond donors (Lipinski definition) is 2. The lowest BCUT2D eigenvalue weighted by Crippen LogP contribution is -2.57. The molecular formula is C10H18O4. The second kappa shape index (κ2) is 4.40. The molecule has 0 aromatic carbocycles. The summed E-state index contributed by atoms with van der Waals surface area (Å²) in [4.78, 5) is 0. The summed E-state index contributed by atoms with van der Waals surface area (Å²) >= 11 is 0. The smallest absolute Gasteiger partial charge is 0.116 e. The summed E-state index contributed by atoms with van der Waals surface area (Å²) in [6, 6.07) is 0. The average Bonchev–Trinajstić information content (AvgIpc) is 2.13. The molecule has 2 N–H and O–H groups in total. The highest BCUT2D eigenvalue weighted by Crippen LogP contribution is 2.26. The van der Waals surface area contributed by atoms with Crippen molar-refractivity contribution in [3.8, 4) is 0 Å². The molecule has 0 aliphatic carbocycles. The van der Waals surface area contributed by atoms with Gasteiger partial charge in [0.05, 0.1) is 6.10 Å². The lowest BCUT2D eigenvalue weighted by atomic mass is 9.92. The van der Waals surface area contributed by atoms with Crippen LogP contribution < -0.4 is 0 Å². The third-order valence-corrected chi connectivity index (χ3v) is 2.58. The molecule has 1 fully saturated rings. The Balaban J connectivity index is 2.82. The Morgan fingerprint density at radius 3 is 2.36 bits per heavy atom. The molecule has 0 spiro atoms. The van der Waals surface area contributed by atoms with Gasteiger partial charge in [0.15, 0.2) is 0 Å². The maximum Gasteiger partial charge on any atom is 0.116 e. The molecule has 14 heavy (non-hydrogen) atoms. The molecule has 4 heteroatoms. The zero-order valence-corrected chi connectivity index (χ0v) is 8.80. The van der Waals surface area contributed by atoms with Gasteiger partial charge in [-0.3, -0.25) is 0 Å². The van der Waals surface area contributed by atoms with Gasteiger partial charge in [-0.1, -0.05) is 6.58 Å². The molecule has 0 aromatic heterocycles. The van der Waals surface area contributed by atoms with Crippen LogP contribution in [-0.4, -0.2) is 47.8 Å². The van der Waals surface area contributed by atoms with Crippen molar-refractivity contribution < 1.29 is 19.7 Å². The molecule has 82 valence electrons. The Labute approximate surface area is 84.1 Å². The molecule has 1 rings (SSSR count). The van der Waals surface area contributed by atoms with Crippen molar-refractivity contribution in [3.05, 3.63) is 12.2 Å². The van der Waals surface area contributed by atoms with Crippen LogP contribution in [0.1, 0.15) is 13.8 Å². The van der Waals surface area contributed by atoms with E-state index in [1.807, 2.05) is 6.92 Å². The third kappa shape index (κ3) is 1.98. The van der Waals surface area contributed by atoms with E-state index in [-0.39, 0.29) is 6.10 Å². The Hall–Kier alpha value is -0.420. The number of hydrogen-bond acceptors (Lipinski definition) is 4. The van der Waals surface area contributed by atoms with Gasteiger partial charge >= 0.3 is 0 Å². The number of ether oxygens (including phenoxy) is 2. The zero-order valence-electron chi connectivity index (χ0n) is 8.80. The molecule has 5 atom stereocenters. The number of rotatable bonds is 2. The van der Waals surface area contributed by atoms with E-state index in [2.05, 4.69) is 6.58 Å². The van der Waals surface area contributed by atoms with E-state index in [9.17, 15) is 10.2 Å². The largest absolute Gasteiger partial charge is 0.388 e. The van der Waals surface area contributed by atoms with Crippen LogP contribution in [0.15, 0.2) is 12.2 Å². The van der Waals surface area contributed by atoms with E-state index in [0.717, 1.165) is 5.57 Å².